The summed E-state index contributed by atoms with van der Waals surface area (Å²) < 4.78 is 0. The Balaban J connectivity index is 1.82. The second-order valence-corrected chi connectivity index (χ2v) is 6.14. The van der Waals surface area contributed by atoms with Crippen LogP contribution in [0.4, 0.5) is 0 Å². The van der Waals surface area contributed by atoms with Gasteiger partial charge in [-0.25, -0.2) is 0 Å². The third-order valence-corrected chi connectivity index (χ3v) is 4.49. The Hall–Kier alpha value is -2.98. The van der Waals surface area contributed by atoms with Gasteiger partial charge in [0.15, 0.2) is 0 Å². The number of carbonyl (C=O) groups is 1. The van der Waals surface area contributed by atoms with E-state index in [2.05, 4.69) is 4.98 Å². The first-order chi connectivity index (χ1) is 12.7. The van der Waals surface area contributed by atoms with Crippen molar-refractivity contribution in [1.82, 2.24) is 9.88 Å². The number of para-hydroxylation sites is 1. The van der Waals surface area contributed by atoms with Crippen molar-refractivity contribution in [3.63, 3.8) is 0 Å². The molecule has 4 heteroatoms. The van der Waals surface area contributed by atoms with Crippen molar-refractivity contribution in [2.24, 2.45) is 0 Å². The van der Waals surface area contributed by atoms with E-state index in [-0.39, 0.29) is 18.6 Å². The van der Waals surface area contributed by atoms with Crippen LogP contribution >= 0.6 is 0 Å². The first-order valence-electron chi connectivity index (χ1n) is 8.65. The lowest BCUT2D eigenvalue weighted by Gasteiger charge is -2.27. The largest absolute Gasteiger partial charge is 0.396 e. The van der Waals surface area contributed by atoms with Gasteiger partial charge in [-0.05, 0) is 35.8 Å². The minimum Gasteiger partial charge on any atom is -0.396 e. The van der Waals surface area contributed by atoms with Gasteiger partial charge in [-0.2, -0.15) is 0 Å². The standard InChI is InChI=1S/C22H22N2O2/c1-24(21(14-16-25)18-7-3-2-4-8-18)22(26)12-11-17-13-15-23-20-10-6-5-9-19(17)20/h2-13,15,21,25H,14,16H2,1H3/b12-11+. The molecule has 3 rings (SSSR count). The van der Waals surface area contributed by atoms with Gasteiger partial charge >= 0.3 is 0 Å². The van der Waals surface area contributed by atoms with Gasteiger partial charge in [-0.3, -0.25) is 9.78 Å². The van der Waals surface area contributed by atoms with E-state index in [1.807, 2.05) is 66.7 Å². The lowest BCUT2D eigenvalue weighted by atomic mass is 10.0. The number of rotatable bonds is 6. The molecule has 132 valence electrons. The van der Waals surface area contributed by atoms with Crippen LogP contribution in [-0.2, 0) is 4.79 Å². The molecule has 0 bridgehead atoms. The summed E-state index contributed by atoms with van der Waals surface area (Å²) in [6, 6.07) is 19.4. The number of hydrogen-bond donors (Lipinski definition) is 1. The first kappa shape index (κ1) is 17.8. The lowest BCUT2D eigenvalue weighted by Crippen LogP contribution is -2.30. The van der Waals surface area contributed by atoms with Crippen LogP contribution in [0.3, 0.4) is 0 Å². The topological polar surface area (TPSA) is 53.4 Å². The molecule has 1 heterocycles. The molecule has 3 aromatic rings. The molecule has 0 saturated heterocycles. The molecule has 26 heavy (non-hydrogen) atoms. The molecule has 0 radical (unpaired) electrons. The summed E-state index contributed by atoms with van der Waals surface area (Å²) in [5, 5.41) is 10.4. The van der Waals surface area contributed by atoms with Crippen LogP contribution in [0.15, 0.2) is 72.9 Å². The molecule has 1 unspecified atom stereocenters. The average Bonchev–Trinajstić information content (AvgIpc) is 2.70. The van der Waals surface area contributed by atoms with Crippen LogP contribution in [0, 0.1) is 0 Å². The number of aromatic nitrogens is 1. The van der Waals surface area contributed by atoms with Crippen molar-refractivity contribution in [3.05, 3.63) is 84.1 Å². The average molecular weight is 346 g/mol. The van der Waals surface area contributed by atoms with E-state index in [1.54, 1.807) is 24.2 Å². The zero-order valence-electron chi connectivity index (χ0n) is 14.7. The number of benzene rings is 2. The first-order valence-corrected chi connectivity index (χ1v) is 8.65. The molecule has 0 saturated carbocycles. The van der Waals surface area contributed by atoms with Crippen molar-refractivity contribution >= 4 is 22.9 Å². The summed E-state index contributed by atoms with van der Waals surface area (Å²) in [4.78, 5) is 18.7. The summed E-state index contributed by atoms with van der Waals surface area (Å²) in [6.07, 6.45) is 5.64. The van der Waals surface area contributed by atoms with Gasteiger partial charge in [-0.15, -0.1) is 0 Å². The maximum Gasteiger partial charge on any atom is 0.246 e. The molecule has 0 aliphatic rings. The van der Waals surface area contributed by atoms with Crippen LogP contribution in [0.5, 0.6) is 0 Å². The Morgan fingerprint density at radius 2 is 1.85 bits per heavy atom. The number of nitrogens with zero attached hydrogens (tertiary/aromatic N) is 2. The maximum atomic E-state index is 12.7. The number of pyridine rings is 1. The number of carbonyl (C=O) groups excluding carboxylic acids is 1. The highest BCUT2D eigenvalue weighted by atomic mass is 16.3. The number of amides is 1. The van der Waals surface area contributed by atoms with Gasteiger partial charge in [0.1, 0.15) is 0 Å². The minimum atomic E-state index is -0.160. The molecule has 1 amide bonds. The van der Waals surface area contributed by atoms with Gasteiger partial charge in [0, 0.05) is 31.3 Å². The normalized spacial score (nSPS) is 12.4. The highest BCUT2D eigenvalue weighted by molar-refractivity contribution is 5.95. The Bertz CT molecular complexity index is 901. The smallest absolute Gasteiger partial charge is 0.246 e. The second-order valence-electron chi connectivity index (χ2n) is 6.14. The van der Waals surface area contributed by atoms with Crippen molar-refractivity contribution < 1.29 is 9.90 Å². The van der Waals surface area contributed by atoms with E-state index < -0.39 is 0 Å². The zero-order chi connectivity index (χ0) is 18.4. The maximum absolute atomic E-state index is 12.7. The predicted octanol–water partition coefficient (Wildman–Crippen LogP) is 3.83. The van der Waals surface area contributed by atoms with Gasteiger partial charge < -0.3 is 10.0 Å². The van der Waals surface area contributed by atoms with Gasteiger partial charge in [0.25, 0.3) is 0 Å². The fourth-order valence-electron chi connectivity index (χ4n) is 3.08. The minimum absolute atomic E-state index is 0.0237. The number of likely N-dealkylation sites (N-methyl/N-ethyl adjacent to an activating group) is 1. The fraction of sp³-hybridized carbons (Fsp3) is 0.182. The summed E-state index contributed by atoms with van der Waals surface area (Å²) in [5.41, 5.74) is 2.87. The van der Waals surface area contributed by atoms with E-state index in [4.69, 9.17) is 0 Å². The number of aliphatic hydroxyl groups excluding tert-OH is 1. The summed E-state index contributed by atoms with van der Waals surface area (Å²) >= 11 is 0. The number of aliphatic hydroxyl groups is 1. The van der Waals surface area contributed by atoms with E-state index in [9.17, 15) is 9.90 Å². The third kappa shape index (κ3) is 3.98. The fourth-order valence-corrected chi connectivity index (χ4v) is 3.08. The highest BCUT2D eigenvalue weighted by Crippen LogP contribution is 2.23. The summed E-state index contributed by atoms with van der Waals surface area (Å²) in [6.45, 7) is 0.0237. The van der Waals surface area contributed by atoms with Crippen molar-refractivity contribution in [2.45, 2.75) is 12.5 Å². The predicted molar refractivity (Wildman–Crippen MR) is 104 cm³/mol. The van der Waals surface area contributed by atoms with Crippen molar-refractivity contribution in [3.8, 4) is 0 Å². The van der Waals surface area contributed by atoms with E-state index in [1.165, 1.54) is 0 Å². The molecule has 0 aliphatic carbocycles. The van der Waals surface area contributed by atoms with E-state index in [0.29, 0.717) is 6.42 Å². The zero-order valence-corrected chi connectivity index (χ0v) is 14.7. The molecule has 2 aromatic carbocycles. The van der Waals surface area contributed by atoms with Crippen LogP contribution < -0.4 is 0 Å². The van der Waals surface area contributed by atoms with Crippen LogP contribution in [-0.4, -0.2) is 34.6 Å². The van der Waals surface area contributed by atoms with Crippen LogP contribution in [0.1, 0.15) is 23.6 Å². The van der Waals surface area contributed by atoms with E-state index >= 15 is 0 Å². The van der Waals surface area contributed by atoms with Gasteiger partial charge in [0.2, 0.25) is 5.91 Å². The molecule has 1 atom stereocenters. The summed E-state index contributed by atoms with van der Waals surface area (Å²) in [5.74, 6) is -0.104. The Morgan fingerprint density at radius 1 is 1.12 bits per heavy atom. The third-order valence-electron chi connectivity index (χ3n) is 4.49. The van der Waals surface area contributed by atoms with Gasteiger partial charge in [-0.1, -0.05) is 48.5 Å². The molecule has 0 spiro atoms. The van der Waals surface area contributed by atoms with Crippen molar-refractivity contribution in [1.29, 1.82) is 0 Å². The number of hydrogen-bond acceptors (Lipinski definition) is 3. The highest BCUT2D eigenvalue weighted by Gasteiger charge is 2.19. The Kier molecular flexibility index (Phi) is 5.77. The number of fused-ring (bicyclic) bond motifs is 1. The summed E-state index contributed by atoms with van der Waals surface area (Å²) in [7, 11) is 1.77. The van der Waals surface area contributed by atoms with E-state index in [0.717, 1.165) is 22.0 Å². The molecule has 0 fully saturated rings. The monoisotopic (exact) mass is 346 g/mol. The van der Waals surface area contributed by atoms with Crippen LogP contribution in [0.2, 0.25) is 0 Å². The van der Waals surface area contributed by atoms with Crippen LogP contribution in [0.25, 0.3) is 17.0 Å². The molecule has 0 aliphatic heterocycles. The molecule has 1 aromatic heterocycles. The second kappa shape index (κ2) is 8.41. The van der Waals surface area contributed by atoms with Gasteiger partial charge in [0.05, 0.1) is 11.6 Å². The molecule has 4 nitrogen and oxygen atoms in total. The molecular formula is C22H22N2O2. The van der Waals surface area contributed by atoms with Crippen molar-refractivity contribution in [2.75, 3.05) is 13.7 Å². The lowest BCUT2D eigenvalue weighted by molar-refractivity contribution is -0.127. The molecule has 1 N–H and O–H groups in total. The SMILES string of the molecule is CN(C(=O)/C=C/c1ccnc2ccccc12)C(CCO)c1ccccc1. The Labute approximate surface area is 153 Å². The molecular weight excluding hydrogens is 324 g/mol. The quantitative estimate of drug-likeness (QED) is 0.690. The Morgan fingerprint density at radius 3 is 2.62 bits per heavy atom.